The van der Waals surface area contributed by atoms with E-state index in [1.165, 1.54) is 17.2 Å². The maximum Gasteiger partial charge on any atom is 0.268 e. The van der Waals surface area contributed by atoms with Crippen LogP contribution < -0.4 is 10.7 Å². The normalized spacial score (nSPS) is 27.0. The fraction of sp³-hybridized carbons (Fsp3) is 0.500. The Kier molecular flexibility index (Phi) is 3.01. The Morgan fingerprint density at radius 3 is 3.05 bits per heavy atom. The number of nitrogens with zero attached hydrogens (tertiary/aromatic N) is 4. The van der Waals surface area contributed by atoms with Crippen LogP contribution in [0.1, 0.15) is 12.6 Å². The molecule has 3 heterocycles. The van der Waals surface area contributed by atoms with Gasteiger partial charge in [0.05, 0.1) is 19.0 Å². The van der Waals surface area contributed by atoms with Gasteiger partial charge in [0.1, 0.15) is 12.5 Å². The van der Waals surface area contributed by atoms with E-state index in [4.69, 9.17) is 15.7 Å². The number of fused-ring (bicyclic) bond motifs is 1. The fourth-order valence-corrected chi connectivity index (χ4v) is 2.17. The van der Waals surface area contributed by atoms with Gasteiger partial charge in [0, 0.05) is 6.42 Å². The Labute approximate surface area is 106 Å². The van der Waals surface area contributed by atoms with Crippen molar-refractivity contribution in [3.05, 3.63) is 12.7 Å². The molecule has 1 aliphatic rings. The van der Waals surface area contributed by atoms with Gasteiger partial charge in [-0.3, -0.25) is 4.57 Å². The Hall–Kier alpha value is -1.84. The first-order valence-electron chi connectivity index (χ1n) is 5.69. The van der Waals surface area contributed by atoms with Crippen LogP contribution in [-0.4, -0.2) is 43.5 Å². The smallest absolute Gasteiger partial charge is 0.268 e. The highest BCUT2D eigenvalue weighted by atomic mass is 19.1. The molecule has 0 radical (unpaired) electrons. The summed E-state index contributed by atoms with van der Waals surface area (Å²) in [5.41, 5.74) is 0.690. The van der Waals surface area contributed by atoms with E-state index in [9.17, 15) is 4.39 Å². The van der Waals surface area contributed by atoms with Crippen molar-refractivity contribution in [2.24, 2.45) is 5.90 Å². The van der Waals surface area contributed by atoms with Crippen LogP contribution in [0.25, 0.3) is 11.2 Å². The zero-order valence-electron chi connectivity index (χ0n) is 9.81. The zero-order chi connectivity index (χ0) is 13.4. The molecule has 0 aliphatic carbocycles. The second-order valence-corrected chi connectivity index (χ2v) is 4.20. The minimum atomic E-state index is -1.24. The van der Waals surface area contributed by atoms with Gasteiger partial charge < -0.3 is 14.7 Å². The zero-order valence-corrected chi connectivity index (χ0v) is 9.81. The lowest BCUT2D eigenvalue weighted by atomic mass is 10.2. The number of hydrogen-bond donors (Lipinski definition) is 2. The first-order chi connectivity index (χ1) is 9.24. The van der Waals surface area contributed by atoms with Gasteiger partial charge in [0.25, 0.3) is 5.88 Å². The lowest BCUT2D eigenvalue weighted by molar-refractivity contribution is -0.0351. The van der Waals surface area contributed by atoms with Gasteiger partial charge in [0.15, 0.2) is 17.4 Å². The van der Waals surface area contributed by atoms with Crippen LogP contribution in [0.15, 0.2) is 12.7 Å². The van der Waals surface area contributed by atoms with Crippen molar-refractivity contribution in [3.8, 4) is 5.88 Å². The Morgan fingerprint density at radius 1 is 1.53 bits per heavy atom. The highest BCUT2D eigenvalue weighted by Gasteiger charge is 2.37. The second kappa shape index (κ2) is 4.68. The van der Waals surface area contributed by atoms with Crippen LogP contribution in [0.4, 0.5) is 4.39 Å². The molecule has 0 bridgehead atoms. The third kappa shape index (κ3) is 1.91. The molecule has 0 aromatic carbocycles. The maximum atomic E-state index is 13.9. The Morgan fingerprint density at radius 2 is 2.37 bits per heavy atom. The van der Waals surface area contributed by atoms with Crippen LogP contribution in [0, 0.1) is 0 Å². The number of hydrogen-bond acceptors (Lipinski definition) is 7. The number of rotatable bonds is 3. The van der Waals surface area contributed by atoms with Gasteiger partial charge in [-0.15, -0.1) is 0 Å². The summed E-state index contributed by atoms with van der Waals surface area (Å²) in [6.07, 6.45) is 0.123. The van der Waals surface area contributed by atoms with Crippen LogP contribution >= 0.6 is 0 Å². The van der Waals surface area contributed by atoms with Crippen molar-refractivity contribution < 1.29 is 19.1 Å². The molecule has 3 rings (SSSR count). The highest BCUT2D eigenvalue weighted by molar-refractivity contribution is 5.75. The molecule has 19 heavy (non-hydrogen) atoms. The van der Waals surface area contributed by atoms with E-state index in [1.807, 2.05) is 0 Å². The van der Waals surface area contributed by atoms with Crippen LogP contribution in [-0.2, 0) is 4.74 Å². The molecule has 0 spiro atoms. The minimum absolute atomic E-state index is 0.107. The third-order valence-corrected chi connectivity index (χ3v) is 3.04. The van der Waals surface area contributed by atoms with E-state index in [0.29, 0.717) is 11.2 Å². The van der Waals surface area contributed by atoms with Crippen molar-refractivity contribution in [1.29, 1.82) is 0 Å². The number of alkyl halides is 1. The van der Waals surface area contributed by atoms with E-state index in [2.05, 4.69) is 19.8 Å². The van der Waals surface area contributed by atoms with E-state index in [-0.39, 0.29) is 18.9 Å². The van der Waals surface area contributed by atoms with Crippen molar-refractivity contribution in [2.75, 3.05) is 6.61 Å². The first kappa shape index (κ1) is 12.2. The molecule has 0 saturated carbocycles. The lowest BCUT2D eigenvalue weighted by Crippen LogP contribution is -2.17. The van der Waals surface area contributed by atoms with Crippen molar-refractivity contribution in [3.63, 3.8) is 0 Å². The topological polar surface area (TPSA) is 108 Å². The van der Waals surface area contributed by atoms with Crippen molar-refractivity contribution in [2.45, 2.75) is 24.9 Å². The fourth-order valence-electron chi connectivity index (χ4n) is 2.17. The minimum Gasteiger partial charge on any atom is -0.394 e. The molecular weight excluding hydrogens is 257 g/mol. The van der Waals surface area contributed by atoms with E-state index in [1.54, 1.807) is 0 Å². The monoisotopic (exact) mass is 269 g/mol. The molecule has 9 heteroatoms. The molecule has 3 N–H and O–H groups in total. The summed E-state index contributed by atoms with van der Waals surface area (Å²) < 4.78 is 20.8. The van der Waals surface area contributed by atoms with E-state index >= 15 is 0 Å². The summed E-state index contributed by atoms with van der Waals surface area (Å²) >= 11 is 0. The van der Waals surface area contributed by atoms with Gasteiger partial charge in [-0.2, -0.15) is 10.9 Å². The largest absolute Gasteiger partial charge is 0.394 e. The lowest BCUT2D eigenvalue weighted by Gasteiger charge is -2.15. The standard InChI is InChI=1S/C10H12FN5O3/c11-6-1-5(2-17)18-10(6)16-4-15-7-8(16)13-3-14-9(7)19-12/h3-6,10,17H,1-2,12H2/t5-,6+,10+/m0/s1. The average molecular weight is 269 g/mol. The second-order valence-electron chi connectivity index (χ2n) is 4.20. The third-order valence-electron chi connectivity index (χ3n) is 3.04. The van der Waals surface area contributed by atoms with Crippen molar-refractivity contribution in [1.82, 2.24) is 19.5 Å². The van der Waals surface area contributed by atoms with Gasteiger partial charge in [-0.1, -0.05) is 0 Å². The number of ether oxygens (including phenoxy) is 1. The molecule has 3 atom stereocenters. The number of halogens is 1. The molecular formula is C10H12FN5O3. The summed E-state index contributed by atoms with van der Waals surface area (Å²) in [4.78, 5) is 16.4. The van der Waals surface area contributed by atoms with Crippen LogP contribution in [0.2, 0.25) is 0 Å². The highest BCUT2D eigenvalue weighted by Crippen LogP contribution is 2.33. The summed E-state index contributed by atoms with van der Waals surface area (Å²) in [5, 5.41) is 9.02. The first-order valence-corrected chi connectivity index (χ1v) is 5.69. The summed E-state index contributed by atoms with van der Waals surface area (Å²) in [6.45, 7) is -0.226. The number of aliphatic hydroxyl groups is 1. The molecule has 8 nitrogen and oxygen atoms in total. The van der Waals surface area contributed by atoms with Crippen molar-refractivity contribution >= 4 is 11.2 Å². The van der Waals surface area contributed by atoms with Gasteiger partial charge in [-0.25, -0.2) is 14.4 Å². The van der Waals surface area contributed by atoms with Gasteiger partial charge >= 0.3 is 0 Å². The summed E-state index contributed by atoms with van der Waals surface area (Å²) in [7, 11) is 0. The van der Waals surface area contributed by atoms with Gasteiger partial charge in [-0.05, 0) is 0 Å². The predicted octanol–water partition coefficient (Wildman–Crippen LogP) is -0.303. The van der Waals surface area contributed by atoms with Crippen LogP contribution in [0.5, 0.6) is 5.88 Å². The predicted molar refractivity (Wildman–Crippen MR) is 60.6 cm³/mol. The molecule has 0 unspecified atom stereocenters. The molecule has 1 aliphatic heterocycles. The summed E-state index contributed by atoms with van der Waals surface area (Å²) in [6, 6.07) is 0. The number of aliphatic hydroxyl groups excluding tert-OH is 1. The quantitative estimate of drug-likeness (QED) is 0.736. The maximum absolute atomic E-state index is 13.9. The SMILES string of the molecule is NOc1ncnc2c1ncn2[C@@H]1O[C@H](CO)C[C@H]1F. The molecule has 102 valence electrons. The van der Waals surface area contributed by atoms with E-state index in [0.717, 1.165) is 0 Å². The average Bonchev–Trinajstić information content (AvgIpc) is 3.01. The molecule has 2 aromatic heterocycles. The van der Waals surface area contributed by atoms with Gasteiger partial charge in [0.2, 0.25) is 0 Å². The Bertz CT molecular complexity index is 592. The van der Waals surface area contributed by atoms with Crippen LogP contribution in [0.3, 0.4) is 0 Å². The number of aromatic nitrogens is 4. The molecule has 2 aromatic rings. The molecule has 1 saturated heterocycles. The summed E-state index contributed by atoms with van der Waals surface area (Å²) in [5.74, 6) is 5.18. The molecule has 0 amide bonds. The number of nitrogens with two attached hydrogens (primary N) is 1. The van der Waals surface area contributed by atoms with E-state index < -0.39 is 18.5 Å². The Balaban J connectivity index is 2.02. The number of imidazole rings is 1. The molecule has 1 fully saturated rings.